The molecule has 0 spiro atoms. The summed E-state index contributed by atoms with van der Waals surface area (Å²) in [6.07, 6.45) is 2.63. The van der Waals surface area contributed by atoms with Gasteiger partial charge in [-0.3, -0.25) is 15.1 Å². The largest absolute Gasteiger partial charge is 0.388 e. The number of nitro benzene ring substituents is 1. The molecule has 7 nitrogen and oxygen atoms in total. The number of benzene rings is 1. The molecule has 0 saturated carbocycles. The van der Waals surface area contributed by atoms with Crippen molar-refractivity contribution in [2.75, 3.05) is 25.1 Å². The summed E-state index contributed by atoms with van der Waals surface area (Å²) in [5, 5.41) is 25.4. The van der Waals surface area contributed by atoms with Crippen molar-refractivity contribution in [3.8, 4) is 0 Å². The zero-order valence-electron chi connectivity index (χ0n) is 12.0. The lowest BCUT2D eigenvalue weighted by Crippen LogP contribution is -2.42. The van der Waals surface area contributed by atoms with Gasteiger partial charge in [0.15, 0.2) is 0 Å². The van der Waals surface area contributed by atoms with E-state index in [0.29, 0.717) is 42.6 Å². The first-order valence-corrected chi connectivity index (χ1v) is 7.15. The average molecular weight is 303 g/mol. The molecule has 22 heavy (non-hydrogen) atoms. The number of aliphatic hydroxyl groups is 1. The van der Waals surface area contributed by atoms with Gasteiger partial charge in [0.25, 0.3) is 0 Å². The maximum absolute atomic E-state index is 11.4. The number of aromatic nitrogens is 1. The number of nitrogens with zero attached hydrogens (tertiary/aromatic N) is 2. The third-order valence-electron chi connectivity index (χ3n) is 3.97. The molecule has 3 rings (SSSR count). The van der Waals surface area contributed by atoms with Crippen LogP contribution in [0.2, 0.25) is 0 Å². The van der Waals surface area contributed by atoms with Gasteiger partial charge < -0.3 is 15.2 Å². The van der Waals surface area contributed by atoms with Crippen LogP contribution in [0.15, 0.2) is 30.5 Å². The highest BCUT2D eigenvalue weighted by Crippen LogP contribution is 2.33. The smallest absolute Gasteiger partial charge is 0.301 e. The van der Waals surface area contributed by atoms with Crippen LogP contribution >= 0.6 is 0 Å². The van der Waals surface area contributed by atoms with Gasteiger partial charge in [-0.05, 0) is 24.3 Å². The van der Waals surface area contributed by atoms with Gasteiger partial charge in [-0.1, -0.05) is 0 Å². The molecule has 2 aromatic rings. The lowest BCUT2D eigenvalue weighted by molar-refractivity contribution is -0.382. The van der Waals surface area contributed by atoms with E-state index in [1.165, 1.54) is 0 Å². The second kappa shape index (κ2) is 5.86. The van der Waals surface area contributed by atoms with Gasteiger partial charge in [0.05, 0.1) is 21.4 Å². The van der Waals surface area contributed by atoms with Crippen molar-refractivity contribution in [1.29, 1.82) is 0 Å². The van der Waals surface area contributed by atoms with E-state index in [0.717, 1.165) is 0 Å². The maximum atomic E-state index is 11.4. The maximum Gasteiger partial charge on any atom is 0.301 e. The van der Waals surface area contributed by atoms with Crippen LogP contribution in [-0.2, 0) is 4.74 Å². The van der Waals surface area contributed by atoms with Gasteiger partial charge in [-0.2, -0.15) is 0 Å². The Morgan fingerprint density at radius 1 is 1.36 bits per heavy atom. The van der Waals surface area contributed by atoms with Gasteiger partial charge >= 0.3 is 5.69 Å². The highest BCUT2D eigenvalue weighted by Gasteiger charge is 2.30. The number of anilines is 1. The van der Waals surface area contributed by atoms with Crippen molar-refractivity contribution in [3.05, 3.63) is 40.6 Å². The van der Waals surface area contributed by atoms with Crippen molar-refractivity contribution in [2.24, 2.45) is 0 Å². The third-order valence-corrected chi connectivity index (χ3v) is 3.97. The van der Waals surface area contributed by atoms with Crippen LogP contribution in [0, 0.1) is 10.1 Å². The van der Waals surface area contributed by atoms with Crippen LogP contribution in [0.4, 0.5) is 11.4 Å². The summed E-state index contributed by atoms with van der Waals surface area (Å²) >= 11 is 0. The van der Waals surface area contributed by atoms with Crippen LogP contribution in [-0.4, -0.2) is 40.4 Å². The Morgan fingerprint density at radius 2 is 2.14 bits per heavy atom. The molecule has 2 heterocycles. The normalized spacial score (nSPS) is 17.3. The standard InChI is InChI=1S/C15H17N3O4/c19-15(5-8-22-9-6-15)10-17-13-4-3-12-11(2-1-7-16-12)14(13)18(20)21/h1-4,7,17,19H,5-6,8-10H2. The zero-order valence-corrected chi connectivity index (χ0v) is 12.0. The minimum Gasteiger partial charge on any atom is -0.388 e. The molecule has 0 aliphatic carbocycles. The molecule has 1 saturated heterocycles. The average Bonchev–Trinajstić information content (AvgIpc) is 2.53. The number of rotatable bonds is 4. The highest BCUT2D eigenvalue weighted by molar-refractivity contribution is 5.94. The van der Waals surface area contributed by atoms with Crippen molar-refractivity contribution < 1.29 is 14.8 Å². The molecule has 7 heteroatoms. The molecule has 1 aromatic carbocycles. The minimum atomic E-state index is -0.893. The van der Waals surface area contributed by atoms with Gasteiger partial charge in [0.2, 0.25) is 0 Å². The molecule has 1 aromatic heterocycles. The van der Waals surface area contributed by atoms with E-state index in [1.807, 2.05) is 0 Å². The summed E-state index contributed by atoms with van der Waals surface area (Å²) in [4.78, 5) is 15.1. The summed E-state index contributed by atoms with van der Waals surface area (Å²) < 4.78 is 5.23. The number of nitro groups is 1. The first kappa shape index (κ1) is 14.7. The van der Waals surface area contributed by atoms with E-state index in [4.69, 9.17) is 4.74 Å². The lowest BCUT2D eigenvalue weighted by atomic mass is 9.94. The Morgan fingerprint density at radius 3 is 2.86 bits per heavy atom. The first-order valence-electron chi connectivity index (χ1n) is 7.15. The summed E-state index contributed by atoms with van der Waals surface area (Å²) in [7, 11) is 0. The van der Waals surface area contributed by atoms with E-state index in [2.05, 4.69) is 10.3 Å². The zero-order chi connectivity index (χ0) is 15.6. The number of pyridine rings is 1. The Hall–Kier alpha value is -2.25. The van der Waals surface area contributed by atoms with E-state index in [1.54, 1.807) is 30.5 Å². The number of ether oxygens (including phenoxy) is 1. The van der Waals surface area contributed by atoms with E-state index in [9.17, 15) is 15.2 Å². The molecule has 0 bridgehead atoms. The third kappa shape index (κ3) is 2.86. The molecule has 1 aliphatic rings. The van der Waals surface area contributed by atoms with Crippen molar-refractivity contribution in [1.82, 2.24) is 4.98 Å². The molecule has 0 radical (unpaired) electrons. The Kier molecular flexibility index (Phi) is 3.91. The number of hydrogen-bond acceptors (Lipinski definition) is 6. The van der Waals surface area contributed by atoms with Crippen molar-refractivity contribution in [3.63, 3.8) is 0 Å². The molecule has 1 aliphatic heterocycles. The summed E-state index contributed by atoms with van der Waals surface area (Å²) in [5.41, 5.74) is 0.0620. The number of hydrogen-bond donors (Lipinski definition) is 2. The van der Waals surface area contributed by atoms with Crippen LogP contribution < -0.4 is 5.32 Å². The van der Waals surface area contributed by atoms with Gasteiger partial charge in [-0.15, -0.1) is 0 Å². The Bertz CT molecular complexity index is 698. The predicted molar refractivity (Wildman–Crippen MR) is 81.9 cm³/mol. The number of nitrogens with one attached hydrogen (secondary N) is 1. The molecule has 0 atom stereocenters. The van der Waals surface area contributed by atoms with Crippen LogP contribution in [0.5, 0.6) is 0 Å². The quantitative estimate of drug-likeness (QED) is 0.663. The van der Waals surface area contributed by atoms with Crippen LogP contribution in [0.3, 0.4) is 0 Å². The van der Waals surface area contributed by atoms with Gasteiger partial charge in [-0.25, -0.2) is 0 Å². The monoisotopic (exact) mass is 303 g/mol. The van der Waals surface area contributed by atoms with E-state index < -0.39 is 10.5 Å². The highest BCUT2D eigenvalue weighted by atomic mass is 16.6. The minimum absolute atomic E-state index is 0.0127. The second-order valence-electron chi connectivity index (χ2n) is 5.48. The van der Waals surface area contributed by atoms with E-state index in [-0.39, 0.29) is 12.2 Å². The fourth-order valence-corrected chi connectivity index (χ4v) is 2.66. The molecular weight excluding hydrogens is 286 g/mol. The molecule has 0 unspecified atom stereocenters. The second-order valence-corrected chi connectivity index (χ2v) is 5.48. The molecule has 1 fully saturated rings. The number of fused-ring (bicyclic) bond motifs is 1. The van der Waals surface area contributed by atoms with Crippen molar-refractivity contribution in [2.45, 2.75) is 18.4 Å². The van der Waals surface area contributed by atoms with Crippen molar-refractivity contribution >= 4 is 22.3 Å². The predicted octanol–water partition coefficient (Wildman–Crippen LogP) is 2.10. The fraction of sp³-hybridized carbons (Fsp3) is 0.400. The van der Waals surface area contributed by atoms with Crippen LogP contribution in [0.25, 0.3) is 10.9 Å². The Balaban J connectivity index is 1.90. The SMILES string of the molecule is O=[N+]([O-])c1c(NCC2(O)CCOCC2)ccc2ncccc12. The summed E-state index contributed by atoms with van der Waals surface area (Å²) in [6, 6.07) is 6.72. The topological polar surface area (TPSA) is 97.5 Å². The fourth-order valence-electron chi connectivity index (χ4n) is 2.66. The van der Waals surface area contributed by atoms with Gasteiger partial charge in [0.1, 0.15) is 5.69 Å². The lowest BCUT2D eigenvalue weighted by Gasteiger charge is -2.32. The van der Waals surface area contributed by atoms with E-state index >= 15 is 0 Å². The van der Waals surface area contributed by atoms with Gasteiger partial charge in [0, 0.05) is 38.8 Å². The summed E-state index contributed by atoms with van der Waals surface area (Å²) in [6.45, 7) is 1.26. The molecular formula is C15H17N3O4. The molecule has 0 amide bonds. The first-order chi connectivity index (χ1) is 10.6. The Labute approximate surface area is 127 Å². The molecule has 2 N–H and O–H groups in total. The van der Waals surface area contributed by atoms with Crippen LogP contribution in [0.1, 0.15) is 12.8 Å². The summed E-state index contributed by atoms with van der Waals surface area (Å²) in [5.74, 6) is 0. The molecule has 116 valence electrons.